The zero-order valence-corrected chi connectivity index (χ0v) is 14.0. The van der Waals surface area contributed by atoms with Crippen molar-refractivity contribution in [2.75, 3.05) is 20.2 Å². The first-order valence-electron chi connectivity index (χ1n) is 8.18. The van der Waals surface area contributed by atoms with E-state index in [2.05, 4.69) is 0 Å². The molecule has 25 heavy (non-hydrogen) atoms. The van der Waals surface area contributed by atoms with Gasteiger partial charge < -0.3 is 15.4 Å². The van der Waals surface area contributed by atoms with Gasteiger partial charge in [-0.1, -0.05) is 6.07 Å². The monoisotopic (exact) mass is 346 g/mol. The van der Waals surface area contributed by atoms with Gasteiger partial charge >= 0.3 is 0 Å². The normalized spacial score (nSPS) is 15.3. The number of amides is 1. The number of hydrogen-bond acceptors (Lipinski definition) is 3. The fourth-order valence-electron chi connectivity index (χ4n) is 2.99. The Hall–Kier alpha value is -2.47. The second kappa shape index (κ2) is 7.19. The molecule has 1 heterocycles. The maximum Gasteiger partial charge on any atom is 0.256 e. The third-order valence-electron chi connectivity index (χ3n) is 4.51. The topological polar surface area (TPSA) is 55.6 Å². The van der Waals surface area contributed by atoms with Crippen LogP contribution in [-0.2, 0) is 0 Å². The smallest absolute Gasteiger partial charge is 0.256 e. The van der Waals surface area contributed by atoms with E-state index >= 15 is 0 Å². The molecule has 132 valence electrons. The molecule has 0 aromatic heterocycles. The molecule has 4 nitrogen and oxygen atoms in total. The number of nitrogens with two attached hydrogens (primary N) is 1. The van der Waals surface area contributed by atoms with Crippen molar-refractivity contribution in [1.29, 1.82) is 0 Å². The summed E-state index contributed by atoms with van der Waals surface area (Å²) in [4.78, 5) is 14.1. The van der Waals surface area contributed by atoms with Crippen LogP contribution in [0.5, 0.6) is 5.75 Å². The molecule has 1 aliphatic heterocycles. The van der Waals surface area contributed by atoms with Crippen LogP contribution in [0.2, 0.25) is 0 Å². The van der Waals surface area contributed by atoms with Crippen molar-refractivity contribution in [3.8, 4) is 16.9 Å². The molecule has 0 radical (unpaired) electrons. The maximum atomic E-state index is 14.5. The third-order valence-corrected chi connectivity index (χ3v) is 4.51. The van der Waals surface area contributed by atoms with Gasteiger partial charge in [0.25, 0.3) is 5.91 Å². The Morgan fingerprint density at radius 1 is 1.12 bits per heavy atom. The Kier molecular flexibility index (Phi) is 4.99. The van der Waals surface area contributed by atoms with Crippen LogP contribution in [0.15, 0.2) is 36.4 Å². The van der Waals surface area contributed by atoms with Crippen molar-refractivity contribution in [3.05, 3.63) is 53.6 Å². The van der Waals surface area contributed by atoms with Crippen LogP contribution in [0, 0.1) is 11.6 Å². The number of piperidine rings is 1. The van der Waals surface area contributed by atoms with Gasteiger partial charge in [-0.3, -0.25) is 4.79 Å². The van der Waals surface area contributed by atoms with Gasteiger partial charge in [-0.25, -0.2) is 8.78 Å². The number of likely N-dealkylation sites (tertiary alicyclic amines) is 1. The molecular weight excluding hydrogens is 326 g/mol. The van der Waals surface area contributed by atoms with E-state index in [1.165, 1.54) is 31.4 Å². The molecule has 1 saturated heterocycles. The number of methoxy groups -OCH3 is 1. The summed E-state index contributed by atoms with van der Waals surface area (Å²) in [6.07, 6.45) is 1.42. The molecule has 1 amide bonds. The highest BCUT2D eigenvalue weighted by Gasteiger charge is 2.24. The summed E-state index contributed by atoms with van der Waals surface area (Å²) >= 11 is 0. The summed E-state index contributed by atoms with van der Waals surface area (Å²) in [6.45, 7) is 1.04. The fraction of sp³-hybridized carbons (Fsp3) is 0.316. The van der Waals surface area contributed by atoms with Crippen LogP contribution >= 0.6 is 0 Å². The summed E-state index contributed by atoms with van der Waals surface area (Å²) in [7, 11) is 1.45. The molecule has 6 heteroatoms. The van der Waals surface area contributed by atoms with Gasteiger partial charge in [0.2, 0.25) is 0 Å². The first kappa shape index (κ1) is 17.4. The highest BCUT2D eigenvalue weighted by atomic mass is 19.1. The molecule has 0 saturated carbocycles. The first-order chi connectivity index (χ1) is 12.0. The Labute approximate surface area is 145 Å². The predicted molar refractivity (Wildman–Crippen MR) is 91.5 cm³/mol. The summed E-state index contributed by atoms with van der Waals surface area (Å²) in [5, 5.41) is 0. The second-order valence-corrected chi connectivity index (χ2v) is 6.17. The largest absolute Gasteiger partial charge is 0.497 e. The summed E-state index contributed by atoms with van der Waals surface area (Å²) in [5.41, 5.74) is 6.44. The van der Waals surface area contributed by atoms with Crippen LogP contribution < -0.4 is 10.5 Å². The van der Waals surface area contributed by atoms with E-state index in [0.717, 1.165) is 0 Å². The molecule has 0 spiro atoms. The van der Waals surface area contributed by atoms with Gasteiger partial charge in [-0.05, 0) is 42.7 Å². The summed E-state index contributed by atoms with van der Waals surface area (Å²) in [6, 6.07) is 8.61. The van der Waals surface area contributed by atoms with Crippen LogP contribution in [0.25, 0.3) is 11.1 Å². The molecule has 0 aliphatic carbocycles. The zero-order chi connectivity index (χ0) is 18.0. The number of ether oxygens (including phenoxy) is 1. The van der Waals surface area contributed by atoms with Crippen molar-refractivity contribution in [2.24, 2.45) is 5.73 Å². The number of nitrogens with zero attached hydrogens (tertiary/aromatic N) is 1. The first-order valence-corrected chi connectivity index (χ1v) is 8.18. The minimum absolute atomic E-state index is 0.00635. The molecule has 1 aliphatic rings. The average Bonchev–Trinajstić information content (AvgIpc) is 2.61. The lowest BCUT2D eigenvalue weighted by Gasteiger charge is -2.30. The lowest BCUT2D eigenvalue weighted by Crippen LogP contribution is -2.43. The summed E-state index contributed by atoms with van der Waals surface area (Å²) in [5.74, 6) is -1.14. The van der Waals surface area contributed by atoms with Crippen molar-refractivity contribution in [1.82, 2.24) is 4.90 Å². The quantitative estimate of drug-likeness (QED) is 0.928. The van der Waals surface area contributed by atoms with Crippen LogP contribution in [0.3, 0.4) is 0 Å². The lowest BCUT2D eigenvalue weighted by molar-refractivity contribution is 0.0710. The third kappa shape index (κ3) is 3.64. The molecular formula is C19H20F2N2O2. The van der Waals surface area contributed by atoms with Gasteiger partial charge in [0.1, 0.15) is 17.4 Å². The number of halogens is 2. The van der Waals surface area contributed by atoms with Gasteiger partial charge in [0.05, 0.1) is 12.7 Å². The SMILES string of the molecule is COc1ccc(-c2ccc(C(=O)N3CCC(N)CC3)c(F)c2)c(F)c1. The standard InChI is InChI=1S/C19H20F2N2O2/c1-25-14-3-5-15(18(21)11-14)12-2-4-16(17(20)10-12)19(24)23-8-6-13(22)7-9-23/h2-5,10-11,13H,6-9,22H2,1H3. The van der Waals surface area contributed by atoms with Crippen molar-refractivity contribution >= 4 is 5.91 Å². The molecule has 2 aromatic carbocycles. The number of hydrogen-bond donors (Lipinski definition) is 1. The molecule has 0 bridgehead atoms. The van der Waals surface area contributed by atoms with E-state index in [1.807, 2.05) is 0 Å². The van der Waals surface area contributed by atoms with Crippen LogP contribution in [-0.4, -0.2) is 37.0 Å². The molecule has 2 N–H and O–H groups in total. The predicted octanol–water partition coefficient (Wildman–Crippen LogP) is 3.20. The molecule has 0 atom stereocenters. The number of benzene rings is 2. The fourth-order valence-corrected chi connectivity index (χ4v) is 2.99. The Bertz CT molecular complexity index is 787. The minimum Gasteiger partial charge on any atom is -0.497 e. The van der Waals surface area contributed by atoms with E-state index in [0.29, 0.717) is 37.2 Å². The van der Waals surface area contributed by atoms with Crippen molar-refractivity contribution in [2.45, 2.75) is 18.9 Å². The second-order valence-electron chi connectivity index (χ2n) is 6.17. The van der Waals surface area contributed by atoms with Gasteiger partial charge in [-0.15, -0.1) is 0 Å². The maximum absolute atomic E-state index is 14.5. The number of carbonyl (C=O) groups is 1. The average molecular weight is 346 g/mol. The minimum atomic E-state index is -0.660. The van der Waals surface area contributed by atoms with Gasteiger partial charge in [0, 0.05) is 30.8 Å². The van der Waals surface area contributed by atoms with E-state index < -0.39 is 11.6 Å². The molecule has 3 rings (SSSR count). The van der Waals surface area contributed by atoms with Crippen LogP contribution in [0.4, 0.5) is 8.78 Å². The van der Waals surface area contributed by atoms with Crippen LogP contribution in [0.1, 0.15) is 23.2 Å². The molecule has 2 aromatic rings. The van der Waals surface area contributed by atoms with E-state index in [4.69, 9.17) is 10.5 Å². The summed E-state index contributed by atoms with van der Waals surface area (Å²) < 4.78 is 33.6. The van der Waals surface area contributed by atoms with E-state index in [9.17, 15) is 13.6 Å². The number of carbonyl (C=O) groups excluding carboxylic acids is 1. The highest BCUT2D eigenvalue weighted by Crippen LogP contribution is 2.28. The van der Waals surface area contributed by atoms with Gasteiger partial charge in [-0.2, -0.15) is 0 Å². The Morgan fingerprint density at radius 2 is 1.84 bits per heavy atom. The van der Waals surface area contributed by atoms with Gasteiger partial charge in [0.15, 0.2) is 0 Å². The van der Waals surface area contributed by atoms with Crippen molar-refractivity contribution < 1.29 is 18.3 Å². The molecule has 1 fully saturated rings. The Balaban J connectivity index is 1.85. The number of rotatable bonds is 3. The lowest BCUT2D eigenvalue weighted by atomic mass is 10.0. The van der Waals surface area contributed by atoms with E-state index in [1.54, 1.807) is 17.0 Å². The zero-order valence-electron chi connectivity index (χ0n) is 14.0. The van der Waals surface area contributed by atoms with E-state index in [-0.39, 0.29) is 23.1 Å². The Morgan fingerprint density at radius 3 is 2.44 bits per heavy atom. The van der Waals surface area contributed by atoms with Crippen molar-refractivity contribution in [3.63, 3.8) is 0 Å². The highest BCUT2D eigenvalue weighted by molar-refractivity contribution is 5.95. The molecule has 0 unspecified atom stereocenters.